The smallest absolute Gasteiger partial charge is 0.126 e. The molecule has 0 heterocycles. The van der Waals surface area contributed by atoms with Crippen molar-refractivity contribution in [3.63, 3.8) is 0 Å². The molecule has 0 amide bonds. The maximum Gasteiger partial charge on any atom is 0.126 e. The minimum atomic E-state index is 0.246. The first kappa shape index (κ1) is 8.64. The van der Waals surface area contributed by atoms with E-state index >= 15 is 0 Å². The fraction of sp³-hybridized carbons (Fsp3) is 0.250. The third kappa shape index (κ3) is 1.99. The molecule has 0 aliphatic rings. The van der Waals surface area contributed by atoms with E-state index in [0.29, 0.717) is 0 Å². The summed E-state index contributed by atoms with van der Waals surface area (Å²) in [4.78, 5) is 0. The molecule has 0 aromatic heterocycles. The first-order chi connectivity index (χ1) is 5.27. The van der Waals surface area contributed by atoms with Gasteiger partial charge in [-0.25, -0.2) is 0 Å². The van der Waals surface area contributed by atoms with Crippen LogP contribution in [-0.4, -0.2) is 12.2 Å². The second-order valence-corrected chi connectivity index (χ2v) is 2.89. The number of methoxy groups -OCH3 is 1. The van der Waals surface area contributed by atoms with Crippen LogP contribution in [0, 0.1) is 0 Å². The summed E-state index contributed by atoms with van der Waals surface area (Å²) >= 11 is 2.25. The van der Waals surface area contributed by atoms with Crippen molar-refractivity contribution in [3.05, 3.63) is 23.8 Å². The predicted molar refractivity (Wildman–Crippen MR) is 52.4 cm³/mol. The van der Waals surface area contributed by atoms with Gasteiger partial charge in [-0.1, -0.05) is 28.7 Å². The molecule has 1 aromatic carbocycles. The molecule has 1 aromatic rings. The highest BCUT2D eigenvalue weighted by Gasteiger charge is 2.00. The van der Waals surface area contributed by atoms with Gasteiger partial charge >= 0.3 is 0 Å². The summed E-state index contributed by atoms with van der Waals surface area (Å²) in [5, 5.41) is 9.08. The van der Waals surface area contributed by atoms with Gasteiger partial charge < -0.3 is 9.84 Å². The van der Waals surface area contributed by atoms with E-state index in [-0.39, 0.29) is 5.75 Å². The van der Waals surface area contributed by atoms with E-state index in [0.717, 1.165) is 15.7 Å². The van der Waals surface area contributed by atoms with Crippen LogP contribution in [-0.2, 0) is 4.43 Å². The fourth-order valence-corrected chi connectivity index (χ4v) is 1.47. The van der Waals surface area contributed by atoms with Gasteiger partial charge in [0.2, 0.25) is 0 Å². The van der Waals surface area contributed by atoms with Gasteiger partial charge in [-0.05, 0) is 6.07 Å². The average Bonchev–Trinajstić information content (AvgIpc) is 2.04. The molecule has 1 rings (SSSR count). The molecule has 2 nitrogen and oxygen atoms in total. The number of halogens is 1. The highest BCUT2D eigenvalue weighted by atomic mass is 127. The standard InChI is InChI=1S/C8H9IO2/c1-11-8-4-7(10)3-2-6(8)5-9/h2-4,10H,5H2,1H3. The van der Waals surface area contributed by atoms with E-state index in [2.05, 4.69) is 22.6 Å². The lowest BCUT2D eigenvalue weighted by Gasteiger charge is -2.05. The molecule has 0 unspecified atom stereocenters. The molecule has 0 bridgehead atoms. The van der Waals surface area contributed by atoms with Crippen LogP contribution >= 0.6 is 22.6 Å². The Morgan fingerprint density at radius 1 is 1.55 bits per heavy atom. The van der Waals surface area contributed by atoms with Crippen molar-refractivity contribution in [1.82, 2.24) is 0 Å². The number of hydrogen-bond donors (Lipinski definition) is 1. The van der Waals surface area contributed by atoms with Crippen LogP contribution in [0.25, 0.3) is 0 Å². The minimum absolute atomic E-state index is 0.246. The zero-order valence-electron chi connectivity index (χ0n) is 6.17. The Labute approximate surface area is 79.3 Å². The van der Waals surface area contributed by atoms with E-state index in [9.17, 15) is 0 Å². The number of aromatic hydroxyl groups is 1. The number of hydrogen-bond acceptors (Lipinski definition) is 2. The van der Waals surface area contributed by atoms with Gasteiger partial charge in [0.1, 0.15) is 11.5 Å². The summed E-state index contributed by atoms with van der Waals surface area (Å²) in [6.45, 7) is 0. The Bertz CT molecular complexity index is 248. The summed E-state index contributed by atoms with van der Waals surface area (Å²) in [5.41, 5.74) is 1.10. The minimum Gasteiger partial charge on any atom is -0.508 e. The Morgan fingerprint density at radius 2 is 2.27 bits per heavy atom. The molecule has 0 atom stereocenters. The molecule has 0 saturated heterocycles. The molecule has 0 saturated carbocycles. The van der Waals surface area contributed by atoms with Gasteiger partial charge in [0.15, 0.2) is 0 Å². The highest BCUT2D eigenvalue weighted by Crippen LogP contribution is 2.25. The lowest BCUT2D eigenvalue weighted by molar-refractivity contribution is 0.404. The van der Waals surface area contributed by atoms with Gasteiger partial charge in [-0.15, -0.1) is 0 Å². The van der Waals surface area contributed by atoms with Crippen LogP contribution in [0.4, 0.5) is 0 Å². The lowest BCUT2D eigenvalue weighted by atomic mass is 10.2. The summed E-state index contributed by atoms with van der Waals surface area (Å²) in [7, 11) is 1.60. The largest absolute Gasteiger partial charge is 0.508 e. The molecule has 0 radical (unpaired) electrons. The van der Waals surface area contributed by atoms with Gasteiger partial charge in [-0.2, -0.15) is 0 Å². The van der Waals surface area contributed by atoms with Crippen LogP contribution in [0.3, 0.4) is 0 Å². The third-order valence-corrected chi connectivity index (χ3v) is 2.24. The van der Waals surface area contributed by atoms with Crippen molar-refractivity contribution < 1.29 is 9.84 Å². The van der Waals surface area contributed by atoms with Gasteiger partial charge in [-0.3, -0.25) is 0 Å². The van der Waals surface area contributed by atoms with E-state index in [1.54, 1.807) is 19.2 Å². The van der Waals surface area contributed by atoms with Crippen molar-refractivity contribution in [3.8, 4) is 11.5 Å². The molecule has 1 N–H and O–H groups in total. The molecule has 11 heavy (non-hydrogen) atoms. The monoisotopic (exact) mass is 264 g/mol. The van der Waals surface area contributed by atoms with Gasteiger partial charge in [0.05, 0.1) is 7.11 Å². The Morgan fingerprint density at radius 3 is 2.82 bits per heavy atom. The lowest BCUT2D eigenvalue weighted by Crippen LogP contribution is -1.87. The number of rotatable bonds is 2. The van der Waals surface area contributed by atoms with Gasteiger partial charge in [0, 0.05) is 16.1 Å². The second-order valence-electron chi connectivity index (χ2n) is 2.13. The Balaban J connectivity index is 3.06. The second kappa shape index (κ2) is 3.80. The topological polar surface area (TPSA) is 29.5 Å². The fourth-order valence-electron chi connectivity index (χ4n) is 0.844. The molecule has 0 aliphatic heterocycles. The van der Waals surface area contributed by atoms with Crippen LogP contribution < -0.4 is 4.74 Å². The maximum atomic E-state index is 9.08. The van der Waals surface area contributed by atoms with Crippen LogP contribution in [0.2, 0.25) is 0 Å². The maximum absolute atomic E-state index is 9.08. The quantitative estimate of drug-likeness (QED) is 0.656. The molecular formula is C8H9IO2. The summed E-state index contributed by atoms with van der Waals surface area (Å²) in [6, 6.07) is 5.14. The molecule has 0 aliphatic carbocycles. The third-order valence-electron chi connectivity index (χ3n) is 1.41. The van der Waals surface area contributed by atoms with Crippen molar-refractivity contribution in [2.75, 3.05) is 7.11 Å². The number of phenolic OH excluding ortho intramolecular Hbond substituents is 1. The number of alkyl halides is 1. The molecular weight excluding hydrogens is 255 g/mol. The van der Waals surface area contributed by atoms with Crippen LogP contribution in [0.5, 0.6) is 11.5 Å². The highest BCUT2D eigenvalue weighted by molar-refractivity contribution is 14.1. The van der Waals surface area contributed by atoms with Crippen molar-refractivity contribution in [2.24, 2.45) is 0 Å². The molecule has 0 spiro atoms. The van der Waals surface area contributed by atoms with Crippen molar-refractivity contribution in [1.29, 1.82) is 0 Å². The summed E-state index contributed by atoms with van der Waals surface area (Å²) in [6.07, 6.45) is 0. The first-order valence-corrected chi connectivity index (χ1v) is 4.72. The predicted octanol–water partition coefficient (Wildman–Crippen LogP) is 2.34. The summed E-state index contributed by atoms with van der Waals surface area (Å²) in [5.74, 6) is 0.995. The normalized spacial score (nSPS) is 9.64. The van der Waals surface area contributed by atoms with Crippen LogP contribution in [0.1, 0.15) is 5.56 Å². The zero-order valence-corrected chi connectivity index (χ0v) is 8.33. The van der Waals surface area contributed by atoms with E-state index in [1.807, 2.05) is 6.07 Å². The average molecular weight is 264 g/mol. The van der Waals surface area contributed by atoms with E-state index < -0.39 is 0 Å². The summed E-state index contributed by atoms with van der Waals surface area (Å²) < 4.78 is 5.94. The van der Waals surface area contributed by atoms with E-state index in [4.69, 9.17) is 9.84 Å². The SMILES string of the molecule is COc1cc(O)ccc1CI. The molecule has 3 heteroatoms. The van der Waals surface area contributed by atoms with Crippen molar-refractivity contribution in [2.45, 2.75) is 4.43 Å². The zero-order chi connectivity index (χ0) is 8.27. The van der Waals surface area contributed by atoms with E-state index in [1.165, 1.54) is 0 Å². The molecule has 60 valence electrons. The Kier molecular flexibility index (Phi) is 2.99. The molecule has 0 fully saturated rings. The number of ether oxygens (including phenoxy) is 1. The number of benzene rings is 1. The Hall–Kier alpha value is -0.450. The first-order valence-electron chi connectivity index (χ1n) is 3.19. The number of phenols is 1. The van der Waals surface area contributed by atoms with Crippen molar-refractivity contribution >= 4 is 22.6 Å². The van der Waals surface area contributed by atoms with Gasteiger partial charge in [0.25, 0.3) is 0 Å². The van der Waals surface area contributed by atoms with Crippen LogP contribution in [0.15, 0.2) is 18.2 Å².